The molecule has 3 rings (SSSR count). The van der Waals surface area contributed by atoms with Crippen LogP contribution in [0.3, 0.4) is 0 Å². The second-order valence-electron chi connectivity index (χ2n) is 6.68. The van der Waals surface area contributed by atoms with Crippen LogP contribution in [0.1, 0.15) is 19.3 Å². The lowest BCUT2D eigenvalue weighted by atomic mass is 10.1. The van der Waals surface area contributed by atoms with Crippen molar-refractivity contribution in [3.8, 4) is 0 Å². The number of fused-ring (bicyclic) bond motifs is 1. The summed E-state index contributed by atoms with van der Waals surface area (Å²) in [5.74, 6) is 0. The number of aliphatic hydroxyl groups is 1. The summed E-state index contributed by atoms with van der Waals surface area (Å²) in [6, 6.07) is 0. The van der Waals surface area contributed by atoms with E-state index in [0.29, 0.717) is 19.1 Å². The molecule has 0 aromatic heterocycles. The molecule has 0 bridgehead atoms. The van der Waals surface area contributed by atoms with Gasteiger partial charge in [0.25, 0.3) is 0 Å². The summed E-state index contributed by atoms with van der Waals surface area (Å²) in [4.78, 5) is 22.0. The van der Waals surface area contributed by atoms with Gasteiger partial charge in [-0.15, -0.1) is 0 Å². The molecule has 8 nitrogen and oxygen atoms in total. The maximum atomic E-state index is 12.2. The Labute approximate surface area is 135 Å². The molecular formula is C13H25NO7P2. The minimum atomic E-state index is -3.45. The van der Waals surface area contributed by atoms with Crippen LogP contribution < -0.4 is 0 Å². The Bertz CT molecular complexity index is 530. The number of nitrogens with zero attached hydrogens (tertiary/aromatic N) is 1. The van der Waals surface area contributed by atoms with Crippen molar-refractivity contribution in [2.24, 2.45) is 0 Å². The maximum absolute atomic E-state index is 12.2. The highest BCUT2D eigenvalue weighted by Crippen LogP contribution is 2.49. The van der Waals surface area contributed by atoms with Crippen molar-refractivity contribution in [1.29, 1.82) is 0 Å². The molecule has 0 aromatic carbocycles. The Hall–Kier alpha value is 0.220. The molecule has 3 heterocycles. The van der Waals surface area contributed by atoms with Crippen molar-refractivity contribution in [2.75, 3.05) is 37.7 Å². The molecule has 6 unspecified atom stereocenters. The van der Waals surface area contributed by atoms with E-state index in [2.05, 4.69) is 4.90 Å². The van der Waals surface area contributed by atoms with Gasteiger partial charge >= 0.3 is 0 Å². The van der Waals surface area contributed by atoms with E-state index in [1.54, 1.807) is 0 Å². The van der Waals surface area contributed by atoms with Crippen molar-refractivity contribution < 1.29 is 33.5 Å². The van der Waals surface area contributed by atoms with Crippen LogP contribution in [0.15, 0.2) is 0 Å². The molecule has 23 heavy (non-hydrogen) atoms. The fourth-order valence-corrected chi connectivity index (χ4v) is 7.20. The first kappa shape index (κ1) is 18.0. The zero-order chi connectivity index (χ0) is 16.7. The van der Waals surface area contributed by atoms with Crippen LogP contribution in [0, 0.1) is 0 Å². The van der Waals surface area contributed by atoms with Gasteiger partial charge in [0.2, 0.25) is 14.7 Å². The zero-order valence-electron chi connectivity index (χ0n) is 13.0. The number of hydrogen-bond donors (Lipinski definition) is 3. The topological polar surface area (TPSA) is 123 Å². The lowest BCUT2D eigenvalue weighted by Crippen LogP contribution is -2.35. The fraction of sp³-hybridized carbons (Fsp3) is 1.00. The van der Waals surface area contributed by atoms with Crippen LogP contribution in [0.2, 0.25) is 0 Å². The van der Waals surface area contributed by atoms with Gasteiger partial charge < -0.3 is 24.4 Å². The van der Waals surface area contributed by atoms with Crippen LogP contribution in [-0.2, 0) is 18.6 Å². The summed E-state index contributed by atoms with van der Waals surface area (Å²) in [6.45, 7) is 1.37. The van der Waals surface area contributed by atoms with E-state index >= 15 is 0 Å². The lowest BCUT2D eigenvalue weighted by Gasteiger charge is -2.24. The summed E-state index contributed by atoms with van der Waals surface area (Å²) in [6.07, 6.45) is 1.46. The van der Waals surface area contributed by atoms with E-state index in [0.717, 1.165) is 19.4 Å². The van der Waals surface area contributed by atoms with Crippen molar-refractivity contribution in [1.82, 2.24) is 4.90 Å². The van der Waals surface area contributed by atoms with Gasteiger partial charge in [-0.05, 0) is 19.3 Å². The number of hydrogen-bond acceptors (Lipinski definition) is 6. The van der Waals surface area contributed by atoms with Crippen molar-refractivity contribution in [2.45, 2.75) is 44.0 Å². The molecule has 3 aliphatic heterocycles. The molecule has 134 valence electrons. The highest BCUT2D eigenvalue weighted by molar-refractivity contribution is 7.62. The summed E-state index contributed by atoms with van der Waals surface area (Å²) in [5, 5.41) is 9.01. The molecule has 0 saturated carbocycles. The van der Waals surface area contributed by atoms with E-state index in [1.165, 1.54) is 0 Å². The molecule has 3 N–H and O–H groups in total. The van der Waals surface area contributed by atoms with Crippen LogP contribution >= 0.6 is 14.7 Å². The van der Waals surface area contributed by atoms with Crippen LogP contribution in [0.4, 0.5) is 0 Å². The molecule has 6 atom stereocenters. The lowest BCUT2D eigenvalue weighted by molar-refractivity contribution is 0.156. The van der Waals surface area contributed by atoms with Gasteiger partial charge in [0.1, 0.15) is 12.3 Å². The van der Waals surface area contributed by atoms with Gasteiger partial charge in [0.15, 0.2) is 6.29 Å². The predicted octanol–water partition coefficient (Wildman–Crippen LogP) is 0.455. The van der Waals surface area contributed by atoms with Crippen molar-refractivity contribution in [3.63, 3.8) is 0 Å². The highest BCUT2D eigenvalue weighted by atomic mass is 31.2. The first-order chi connectivity index (χ1) is 10.8. The third-order valence-corrected chi connectivity index (χ3v) is 8.76. The molecule has 3 fully saturated rings. The molecule has 0 amide bonds. The van der Waals surface area contributed by atoms with Gasteiger partial charge in [-0.2, -0.15) is 0 Å². The minimum absolute atomic E-state index is 0.0123. The van der Waals surface area contributed by atoms with Gasteiger partial charge in [-0.25, -0.2) is 0 Å². The van der Waals surface area contributed by atoms with Crippen molar-refractivity contribution in [3.05, 3.63) is 0 Å². The van der Waals surface area contributed by atoms with E-state index < -0.39 is 21.0 Å². The number of epoxide rings is 2. The van der Waals surface area contributed by atoms with Crippen LogP contribution in [0.25, 0.3) is 0 Å². The van der Waals surface area contributed by atoms with Crippen LogP contribution in [-0.4, -0.2) is 82.3 Å². The summed E-state index contributed by atoms with van der Waals surface area (Å²) in [7, 11) is -6.87. The van der Waals surface area contributed by atoms with Gasteiger partial charge in [-0.1, -0.05) is 0 Å². The van der Waals surface area contributed by atoms with Gasteiger partial charge in [0.05, 0.1) is 6.10 Å². The summed E-state index contributed by atoms with van der Waals surface area (Å²) in [5.41, 5.74) is 0. The van der Waals surface area contributed by atoms with Gasteiger partial charge in [-0.3, -0.25) is 14.0 Å². The molecule has 0 aromatic rings. The average molecular weight is 369 g/mol. The standard InChI is InChI=1S/C13H25NO7P2/c15-13-11(21-13)3-6-22(16,17)8-9-23(18,19)7-5-14-4-1-2-10-12(14)20-10/h10-13,15H,1-9H2,(H,16,17)(H,18,19). The van der Waals surface area contributed by atoms with Gasteiger partial charge in [0, 0.05) is 37.7 Å². The Morgan fingerprint density at radius 2 is 1.70 bits per heavy atom. The van der Waals surface area contributed by atoms with E-state index in [9.17, 15) is 18.9 Å². The zero-order valence-corrected chi connectivity index (χ0v) is 14.8. The molecule has 0 spiro atoms. The number of aliphatic hydroxyl groups excluding tert-OH is 1. The molecule has 3 aliphatic rings. The van der Waals surface area contributed by atoms with E-state index in [1.807, 2.05) is 0 Å². The third kappa shape index (κ3) is 5.35. The Morgan fingerprint density at radius 3 is 2.35 bits per heavy atom. The molecule has 0 radical (unpaired) electrons. The Kier molecular flexibility index (Phi) is 5.37. The maximum Gasteiger partial charge on any atom is 0.202 e. The first-order valence-corrected chi connectivity index (χ1v) is 12.2. The van der Waals surface area contributed by atoms with Crippen LogP contribution in [0.5, 0.6) is 0 Å². The monoisotopic (exact) mass is 369 g/mol. The largest absolute Gasteiger partial charge is 0.366 e. The first-order valence-electron chi connectivity index (χ1n) is 8.10. The SMILES string of the molecule is O=P(O)(CCC1OC1O)CCP(=O)(O)CCN1CCCC2OC21. The quantitative estimate of drug-likeness (QED) is 0.396. The summed E-state index contributed by atoms with van der Waals surface area (Å²) < 4.78 is 34.5. The predicted molar refractivity (Wildman–Crippen MR) is 84.1 cm³/mol. The second kappa shape index (κ2) is 6.85. The minimum Gasteiger partial charge on any atom is -0.366 e. The highest BCUT2D eigenvalue weighted by Gasteiger charge is 2.46. The average Bonchev–Trinajstić information content (AvgIpc) is 3.38. The normalized spacial score (nSPS) is 38.4. The summed E-state index contributed by atoms with van der Waals surface area (Å²) >= 11 is 0. The molecule has 10 heteroatoms. The number of piperidine rings is 1. The molecular weight excluding hydrogens is 344 g/mol. The third-order valence-electron chi connectivity index (χ3n) is 4.70. The second-order valence-corrected chi connectivity index (χ2v) is 11.9. The smallest absolute Gasteiger partial charge is 0.202 e. The number of rotatable bonds is 9. The Morgan fingerprint density at radius 1 is 1.04 bits per heavy atom. The van der Waals surface area contributed by atoms with E-state index in [-0.39, 0.29) is 37.0 Å². The van der Waals surface area contributed by atoms with Crippen molar-refractivity contribution >= 4 is 14.7 Å². The number of likely N-dealkylation sites (tertiary alicyclic amines) is 1. The Balaban J connectivity index is 1.37. The fourth-order valence-electron chi connectivity index (χ4n) is 3.02. The number of ether oxygens (including phenoxy) is 2. The van der Waals surface area contributed by atoms with E-state index in [4.69, 9.17) is 14.6 Å². The molecule has 0 aliphatic carbocycles. The molecule has 3 saturated heterocycles.